The maximum atomic E-state index is 5.81. The van der Waals surface area contributed by atoms with E-state index in [1.54, 1.807) is 0 Å². The predicted molar refractivity (Wildman–Crippen MR) is 87.0 cm³/mol. The SMILES string of the molecule is CNC(C)C1CCCCN1CC1CCOc2ccccc21. The van der Waals surface area contributed by atoms with E-state index in [0.717, 1.165) is 18.8 Å². The van der Waals surface area contributed by atoms with E-state index in [0.29, 0.717) is 18.0 Å². The summed E-state index contributed by atoms with van der Waals surface area (Å²) in [4.78, 5) is 2.72. The fourth-order valence-electron chi connectivity index (χ4n) is 3.89. The lowest BCUT2D eigenvalue weighted by atomic mass is 9.89. The third-order valence-electron chi connectivity index (χ3n) is 5.23. The summed E-state index contributed by atoms with van der Waals surface area (Å²) < 4.78 is 5.81. The zero-order valence-corrected chi connectivity index (χ0v) is 13.3. The number of hydrogen-bond acceptors (Lipinski definition) is 3. The number of fused-ring (bicyclic) bond motifs is 1. The van der Waals surface area contributed by atoms with Crippen molar-refractivity contribution in [3.05, 3.63) is 29.8 Å². The van der Waals surface area contributed by atoms with Crippen molar-refractivity contribution in [1.82, 2.24) is 10.2 Å². The van der Waals surface area contributed by atoms with Gasteiger partial charge in [0, 0.05) is 24.5 Å². The lowest BCUT2D eigenvalue weighted by Gasteiger charge is -2.41. The summed E-state index contributed by atoms with van der Waals surface area (Å²) in [5, 5.41) is 3.45. The van der Waals surface area contributed by atoms with Crippen LogP contribution >= 0.6 is 0 Å². The molecule has 116 valence electrons. The number of likely N-dealkylation sites (tertiary alicyclic amines) is 1. The standard InChI is InChI=1S/C18H28N2O/c1-14(19-2)17-8-5-6-11-20(17)13-15-10-12-21-18-9-4-3-7-16(15)18/h3-4,7,9,14-15,17,19H,5-6,8,10-13H2,1-2H3. The van der Waals surface area contributed by atoms with Crippen LogP contribution in [0.2, 0.25) is 0 Å². The molecule has 1 aromatic carbocycles. The molecule has 0 aromatic heterocycles. The smallest absolute Gasteiger partial charge is 0.122 e. The van der Waals surface area contributed by atoms with Crippen molar-refractivity contribution in [3.8, 4) is 5.75 Å². The van der Waals surface area contributed by atoms with E-state index >= 15 is 0 Å². The largest absolute Gasteiger partial charge is 0.493 e. The molecule has 3 heteroatoms. The molecule has 21 heavy (non-hydrogen) atoms. The van der Waals surface area contributed by atoms with Crippen LogP contribution in [0.3, 0.4) is 0 Å². The first-order valence-corrected chi connectivity index (χ1v) is 8.42. The normalized spacial score (nSPS) is 27.7. The third-order valence-corrected chi connectivity index (χ3v) is 5.23. The average molecular weight is 288 g/mol. The van der Waals surface area contributed by atoms with Gasteiger partial charge >= 0.3 is 0 Å². The van der Waals surface area contributed by atoms with E-state index in [2.05, 4.69) is 48.5 Å². The van der Waals surface area contributed by atoms with Crippen LogP contribution in [0.15, 0.2) is 24.3 Å². The highest BCUT2D eigenvalue weighted by atomic mass is 16.5. The molecule has 0 aliphatic carbocycles. The molecule has 0 spiro atoms. The molecule has 2 aliphatic rings. The average Bonchev–Trinajstić information content (AvgIpc) is 2.55. The summed E-state index contributed by atoms with van der Waals surface area (Å²) in [5.74, 6) is 1.73. The Morgan fingerprint density at radius 1 is 1.29 bits per heavy atom. The van der Waals surface area contributed by atoms with Crippen molar-refractivity contribution in [3.63, 3.8) is 0 Å². The van der Waals surface area contributed by atoms with Crippen LogP contribution in [-0.4, -0.2) is 43.7 Å². The number of rotatable bonds is 4. The van der Waals surface area contributed by atoms with Crippen molar-refractivity contribution in [2.75, 3.05) is 26.7 Å². The zero-order valence-electron chi connectivity index (χ0n) is 13.3. The minimum absolute atomic E-state index is 0.570. The van der Waals surface area contributed by atoms with E-state index in [1.165, 1.54) is 37.9 Å². The fourth-order valence-corrected chi connectivity index (χ4v) is 3.89. The van der Waals surface area contributed by atoms with E-state index < -0.39 is 0 Å². The highest BCUT2D eigenvalue weighted by Crippen LogP contribution is 2.35. The molecule has 2 aliphatic heterocycles. The van der Waals surface area contributed by atoms with Gasteiger partial charge in [0.1, 0.15) is 5.75 Å². The zero-order chi connectivity index (χ0) is 14.7. The second kappa shape index (κ2) is 6.80. The third kappa shape index (κ3) is 3.24. The monoisotopic (exact) mass is 288 g/mol. The summed E-state index contributed by atoms with van der Waals surface area (Å²) in [6.45, 7) is 5.61. The molecular formula is C18H28N2O. The van der Waals surface area contributed by atoms with Crippen LogP contribution in [-0.2, 0) is 0 Å². The van der Waals surface area contributed by atoms with Gasteiger partial charge in [0.25, 0.3) is 0 Å². The van der Waals surface area contributed by atoms with Gasteiger partial charge in [-0.05, 0) is 51.4 Å². The maximum Gasteiger partial charge on any atom is 0.122 e. The molecule has 1 fully saturated rings. The summed E-state index contributed by atoms with van der Waals surface area (Å²) >= 11 is 0. The van der Waals surface area contributed by atoms with Crippen LogP contribution < -0.4 is 10.1 Å². The second-order valence-electron chi connectivity index (χ2n) is 6.51. The van der Waals surface area contributed by atoms with Gasteiger partial charge in [0.05, 0.1) is 6.61 Å². The molecule has 3 nitrogen and oxygen atoms in total. The first kappa shape index (κ1) is 14.9. The molecule has 0 bridgehead atoms. The van der Waals surface area contributed by atoms with E-state index in [4.69, 9.17) is 4.74 Å². The Bertz CT molecular complexity index is 462. The van der Waals surface area contributed by atoms with Crippen LogP contribution in [0.5, 0.6) is 5.75 Å². The number of ether oxygens (including phenoxy) is 1. The van der Waals surface area contributed by atoms with Crippen molar-refractivity contribution in [2.45, 2.75) is 50.6 Å². The summed E-state index contributed by atoms with van der Waals surface area (Å²) in [5.41, 5.74) is 1.41. The Kier molecular flexibility index (Phi) is 4.81. The molecule has 1 saturated heterocycles. The molecule has 3 atom stereocenters. The highest BCUT2D eigenvalue weighted by molar-refractivity contribution is 5.38. The number of hydrogen-bond donors (Lipinski definition) is 1. The van der Waals surface area contributed by atoms with Gasteiger partial charge in [-0.25, -0.2) is 0 Å². The number of likely N-dealkylation sites (N-methyl/N-ethyl adjacent to an activating group) is 1. The van der Waals surface area contributed by atoms with Crippen LogP contribution in [0.1, 0.15) is 44.1 Å². The van der Waals surface area contributed by atoms with E-state index in [1.807, 2.05) is 0 Å². The van der Waals surface area contributed by atoms with E-state index in [-0.39, 0.29) is 0 Å². The van der Waals surface area contributed by atoms with Gasteiger partial charge in [-0.3, -0.25) is 4.90 Å². The minimum atomic E-state index is 0.570. The number of benzene rings is 1. The van der Waals surface area contributed by atoms with Crippen LogP contribution in [0.25, 0.3) is 0 Å². The highest BCUT2D eigenvalue weighted by Gasteiger charge is 2.30. The van der Waals surface area contributed by atoms with E-state index in [9.17, 15) is 0 Å². The Morgan fingerprint density at radius 2 is 2.14 bits per heavy atom. The maximum absolute atomic E-state index is 5.81. The van der Waals surface area contributed by atoms with Crippen molar-refractivity contribution in [1.29, 1.82) is 0 Å². The number of nitrogens with zero attached hydrogens (tertiary/aromatic N) is 1. The Balaban J connectivity index is 1.73. The van der Waals surface area contributed by atoms with Crippen molar-refractivity contribution < 1.29 is 4.74 Å². The lowest BCUT2D eigenvalue weighted by Crippen LogP contribution is -2.51. The topological polar surface area (TPSA) is 24.5 Å². The Labute approximate surface area is 128 Å². The summed E-state index contributed by atoms with van der Waals surface area (Å²) in [6, 6.07) is 9.84. The molecule has 2 heterocycles. The van der Waals surface area contributed by atoms with Gasteiger partial charge in [0.15, 0.2) is 0 Å². The van der Waals surface area contributed by atoms with Crippen LogP contribution in [0.4, 0.5) is 0 Å². The fraction of sp³-hybridized carbons (Fsp3) is 0.667. The van der Waals surface area contributed by atoms with Gasteiger partial charge in [-0.2, -0.15) is 0 Å². The van der Waals surface area contributed by atoms with Gasteiger partial charge in [-0.1, -0.05) is 24.6 Å². The molecule has 3 unspecified atom stereocenters. The minimum Gasteiger partial charge on any atom is -0.493 e. The van der Waals surface area contributed by atoms with Gasteiger partial charge in [0.2, 0.25) is 0 Å². The summed E-state index contributed by atoms with van der Waals surface area (Å²) in [7, 11) is 2.08. The van der Waals surface area contributed by atoms with Crippen LogP contribution in [0, 0.1) is 0 Å². The quantitative estimate of drug-likeness (QED) is 0.922. The molecule has 0 radical (unpaired) electrons. The molecule has 1 aromatic rings. The second-order valence-corrected chi connectivity index (χ2v) is 6.51. The van der Waals surface area contributed by atoms with Crippen molar-refractivity contribution in [2.24, 2.45) is 0 Å². The molecule has 0 saturated carbocycles. The molecule has 1 N–H and O–H groups in total. The number of piperidine rings is 1. The first-order valence-electron chi connectivity index (χ1n) is 8.42. The number of nitrogens with one attached hydrogen (secondary N) is 1. The Morgan fingerprint density at radius 3 is 3.00 bits per heavy atom. The molecular weight excluding hydrogens is 260 g/mol. The number of para-hydroxylation sites is 1. The van der Waals surface area contributed by atoms with Crippen molar-refractivity contribution >= 4 is 0 Å². The first-order chi connectivity index (χ1) is 10.3. The summed E-state index contributed by atoms with van der Waals surface area (Å²) in [6.07, 6.45) is 5.19. The Hall–Kier alpha value is -1.06. The van der Waals surface area contributed by atoms with Gasteiger partial charge < -0.3 is 10.1 Å². The predicted octanol–water partition coefficient (Wildman–Crippen LogP) is 3.02. The lowest BCUT2D eigenvalue weighted by molar-refractivity contribution is 0.106. The van der Waals surface area contributed by atoms with Gasteiger partial charge in [-0.15, -0.1) is 0 Å². The molecule has 0 amide bonds. The molecule has 3 rings (SSSR count).